The first-order valence-electron chi connectivity index (χ1n) is 9.07. The molecule has 0 spiro atoms. The van der Waals surface area contributed by atoms with Crippen molar-refractivity contribution in [2.24, 2.45) is 0 Å². The number of anilines is 1. The molecule has 0 radical (unpaired) electrons. The molecule has 130 valence electrons. The minimum absolute atomic E-state index is 0.152. The number of H-pyrrole nitrogens is 1. The van der Waals surface area contributed by atoms with E-state index < -0.39 is 0 Å². The fraction of sp³-hybridized carbons (Fsp3) is 0.400. The molecule has 0 unspecified atom stereocenters. The highest BCUT2D eigenvalue weighted by Crippen LogP contribution is 2.31. The van der Waals surface area contributed by atoms with Crippen molar-refractivity contribution in [3.05, 3.63) is 36.5 Å². The van der Waals surface area contributed by atoms with Gasteiger partial charge in [-0.05, 0) is 63.4 Å². The van der Waals surface area contributed by atoms with Gasteiger partial charge in [-0.25, -0.2) is 4.98 Å². The van der Waals surface area contributed by atoms with Gasteiger partial charge in [-0.3, -0.25) is 5.10 Å². The van der Waals surface area contributed by atoms with Crippen LogP contribution in [0.3, 0.4) is 0 Å². The van der Waals surface area contributed by atoms with Crippen LogP contribution in [-0.4, -0.2) is 34.4 Å². The Hall–Kier alpha value is -2.56. The maximum Gasteiger partial charge on any atom is 0.129 e. The van der Waals surface area contributed by atoms with Crippen LogP contribution in [0.5, 0.6) is 5.75 Å². The van der Waals surface area contributed by atoms with E-state index in [0.29, 0.717) is 0 Å². The summed E-state index contributed by atoms with van der Waals surface area (Å²) in [7, 11) is 0. The smallest absolute Gasteiger partial charge is 0.129 e. The number of hydrogen-bond donors (Lipinski definition) is 1. The molecule has 3 aromatic rings. The van der Waals surface area contributed by atoms with Crippen molar-refractivity contribution in [3.8, 4) is 17.0 Å². The van der Waals surface area contributed by atoms with E-state index in [0.717, 1.165) is 46.8 Å². The minimum atomic E-state index is 0.152. The molecular weight excluding hydrogens is 312 g/mol. The summed E-state index contributed by atoms with van der Waals surface area (Å²) >= 11 is 0. The lowest BCUT2D eigenvalue weighted by Gasteiger charge is -2.27. The Balaban J connectivity index is 1.71. The van der Waals surface area contributed by atoms with Crippen LogP contribution >= 0.6 is 0 Å². The predicted molar refractivity (Wildman–Crippen MR) is 101 cm³/mol. The molecule has 1 aromatic carbocycles. The van der Waals surface area contributed by atoms with Crippen molar-refractivity contribution in [3.63, 3.8) is 0 Å². The van der Waals surface area contributed by atoms with Gasteiger partial charge in [-0.1, -0.05) is 0 Å². The van der Waals surface area contributed by atoms with Crippen molar-refractivity contribution < 1.29 is 4.74 Å². The van der Waals surface area contributed by atoms with Gasteiger partial charge in [0.15, 0.2) is 0 Å². The fourth-order valence-electron chi connectivity index (χ4n) is 3.42. The van der Waals surface area contributed by atoms with Crippen LogP contribution in [0.4, 0.5) is 5.82 Å². The van der Waals surface area contributed by atoms with Crippen molar-refractivity contribution in [1.29, 1.82) is 0 Å². The van der Waals surface area contributed by atoms with E-state index >= 15 is 0 Å². The normalized spacial score (nSPS) is 15.1. The third-order valence-corrected chi connectivity index (χ3v) is 4.61. The van der Waals surface area contributed by atoms with Crippen molar-refractivity contribution in [1.82, 2.24) is 15.2 Å². The molecule has 1 N–H and O–H groups in total. The summed E-state index contributed by atoms with van der Waals surface area (Å²) in [6, 6.07) is 10.2. The first-order chi connectivity index (χ1) is 12.2. The second-order valence-electron chi connectivity index (χ2n) is 6.90. The Bertz CT molecular complexity index is 865. The molecule has 5 heteroatoms. The van der Waals surface area contributed by atoms with Crippen LogP contribution in [0.2, 0.25) is 0 Å². The summed E-state index contributed by atoms with van der Waals surface area (Å²) in [5, 5.41) is 8.75. The maximum absolute atomic E-state index is 5.84. The van der Waals surface area contributed by atoms with E-state index in [1.54, 1.807) is 0 Å². The lowest BCUT2D eigenvalue weighted by Crippen LogP contribution is -2.30. The SMILES string of the molecule is CC(C)Oc1ccc2[nH]nc(-c3ccnc(N4CCCCC4)c3)c2c1. The number of fused-ring (bicyclic) bond motifs is 1. The summed E-state index contributed by atoms with van der Waals surface area (Å²) in [6.07, 6.45) is 5.84. The molecule has 0 atom stereocenters. The van der Waals surface area contributed by atoms with Gasteiger partial charge in [0.1, 0.15) is 17.3 Å². The monoisotopic (exact) mass is 336 g/mol. The number of aromatic nitrogens is 3. The summed E-state index contributed by atoms with van der Waals surface area (Å²) in [5.74, 6) is 1.92. The average molecular weight is 336 g/mol. The number of piperidine rings is 1. The minimum Gasteiger partial charge on any atom is -0.491 e. The van der Waals surface area contributed by atoms with Gasteiger partial charge in [-0.2, -0.15) is 5.10 Å². The Morgan fingerprint density at radius 1 is 1.08 bits per heavy atom. The average Bonchev–Trinajstić information content (AvgIpc) is 3.05. The van der Waals surface area contributed by atoms with Gasteiger partial charge < -0.3 is 9.64 Å². The Labute approximate surface area is 148 Å². The number of aromatic amines is 1. The molecule has 1 aliphatic rings. The van der Waals surface area contributed by atoms with Crippen LogP contribution < -0.4 is 9.64 Å². The van der Waals surface area contributed by atoms with E-state index in [2.05, 4.69) is 32.2 Å². The fourth-order valence-corrected chi connectivity index (χ4v) is 3.42. The number of nitrogens with zero attached hydrogens (tertiary/aromatic N) is 3. The summed E-state index contributed by atoms with van der Waals surface area (Å²) < 4.78 is 5.84. The lowest BCUT2D eigenvalue weighted by molar-refractivity contribution is 0.243. The van der Waals surface area contributed by atoms with Crippen LogP contribution in [0, 0.1) is 0 Å². The van der Waals surface area contributed by atoms with E-state index in [1.807, 2.05) is 38.2 Å². The van der Waals surface area contributed by atoms with Gasteiger partial charge in [0.2, 0.25) is 0 Å². The standard InChI is InChI=1S/C20H24N4O/c1-14(2)25-16-6-7-18-17(13-16)20(23-22-18)15-8-9-21-19(12-15)24-10-4-3-5-11-24/h6-9,12-14H,3-5,10-11H2,1-2H3,(H,22,23). The van der Waals surface area contributed by atoms with E-state index in [9.17, 15) is 0 Å². The molecule has 1 saturated heterocycles. The molecule has 0 saturated carbocycles. The molecule has 25 heavy (non-hydrogen) atoms. The molecule has 5 nitrogen and oxygen atoms in total. The molecule has 2 aromatic heterocycles. The number of hydrogen-bond acceptors (Lipinski definition) is 4. The lowest BCUT2D eigenvalue weighted by atomic mass is 10.1. The number of pyridine rings is 1. The summed E-state index contributed by atoms with van der Waals surface area (Å²) in [6.45, 7) is 6.25. The number of ether oxygens (including phenoxy) is 1. The predicted octanol–water partition coefficient (Wildman–Crippen LogP) is 4.40. The van der Waals surface area contributed by atoms with Gasteiger partial charge in [0, 0.05) is 30.2 Å². The van der Waals surface area contributed by atoms with Gasteiger partial charge in [0.05, 0.1) is 11.6 Å². The zero-order valence-corrected chi connectivity index (χ0v) is 14.8. The van der Waals surface area contributed by atoms with Crippen LogP contribution in [0.15, 0.2) is 36.5 Å². The van der Waals surface area contributed by atoms with Crippen LogP contribution in [-0.2, 0) is 0 Å². The third kappa shape index (κ3) is 3.31. The summed E-state index contributed by atoms with van der Waals surface area (Å²) in [5.41, 5.74) is 3.05. The second kappa shape index (κ2) is 6.75. The highest BCUT2D eigenvalue weighted by atomic mass is 16.5. The van der Waals surface area contributed by atoms with E-state index in [1.165, 1.54) is 19.3 Å². The molecule has 1 aliphatic heterocycles. The molecule has 0 amide bonds. The van der Waals surface area contributed by atoms with E-state index in [4.69, 9.17) is 4.74 Å². The van der Waals surface area contributed by atoms with Crippen molar-refractivity contribution in [2.75, 3.05) is 18.0 Å². The second-order valence-corrected chi connectivity index (χ2v) is 6.90. The zero-order chi connectivity index (χ0) is 17.2. The highest BCUT2D eigenvalue weighted by Gasteiger charge is 2.15. The highest BCUT2D eigenvalue weighted by molar-refractivity contribution is 5.94. The Morgan fingerprint density at radius 2 is 1.92 bits per heavy atom. The first-order valence-corrected chi connectivity index (χ1v) is 9.07. The third-order valence-electron chi connectivity index (χ3n) is 4.61. The quantitative estimate of drug-likeness (QED) is 0.767. The topological polar surface area (TPSA) is 54.0 Å². The van der Waals surface area contributed by atoms with Crippen molar-refractivity contribution in [2.45, 2.75) is 39.2 Å². The molecule has 4 rings (SSSR count). The molecule has 0 bridgehead atoms. The van der Waals surface area contributed by atoms with Crippen LogP contribution in [0.25, 0.3) is 22.2 Å². The maximum atomic E-state index is 5.84. The molecule has 0 aliphatic carbocycles. The number of benzene rings is 1. The molecular formula is C20H24N4O. The Kier molecular flexibility index (Phi) is 4.30. The number of rotatable bonds is 4. The van der Waals surface area contributed by atoms with Gasteiger partial charge >= 0.3 is 0 Å². The van der Waals surface area contributed by atoms with Gasteiger partial charge in [-0.15, -0.1) is 0 Å². The zero-order valence-electron chi connectivity index (χ0n) is 14.8. The Morgan fingerprint density at radius 3 is 2.72 bits per heavy atom. The largest absolute Gasteiger partial charge is 0.491 e. The van der Waals surface area contributed by atoms with Gasteiger partial charge in [0.25, 0.3) is 0 Å². The van der Waals surface area contributed by atoms with Crippen LogP contribution in [0.1, 0.15) is 33.1 Å². The van der Waals surface area contributed by atoms with Crippen molar-refractivity contribution >= 4 is 16.7 Å². The molecule has 3 heterocycles. The van der Waals surface area contributed by atoms with E-state index in [-0.39, 0.29) is 6.10 Å². The first kappa shape index (κ1) is 15.9. The number of nitrogens with one attached hydrogen (secondary N) is 1. The summed E-state index contributed by atoms with van der Waals surface area (Å²) in [4.78, 5) is 6.94. The molecule has 1 fully saturated rings.